The summed E-state index contributed by atoms with van der Waals surface area (Å²) in [5, 5.41) is 4.40. The van der Waals surface area contributed by atoms with E-state index in [1.165, 1.54) is 65.1 Å². The van der Waals surface area contributed by atoms with Crippen molar-refractivity contribution >= 4 is 49.9 Å². The van der Waals surface area contributed by atoms with Gasteiger partial charge in [-0.25, -0.2) is 19.1 Å². The predicted octanol–water partition coefficient (Wildman–Crippen LogP) is 23.7. The number of rotatable bonds is 14. The third kappa shape index (κ3) is 23.4. The second-order valence-electron chi connectivity index (χ2n) is 26.6. The van der Waals surface area contributed by atoms with E-state index in [2.05, 4.69) is 308 Å². The minimum atomic E-state index is 0.502. The molecule has 11 heteroatoms. The molecule has 0 bridgehead atoms. The molecule has 0 amide bonds. The van der Waals surface area contributed by atoms with E-state index in [4.69, 9.17) is 4.42 Å². The average molecular weight is 1250 g/mol. The molecule has 82 heavy (non-hydrogen) atoms. The molecular weight excluding hydrogens is 1130 g/mol. The highest BCUT2D eigenvalue weighted by Gasteiger charge is 2.24. The van der Waals surface area contributed by atoms with Crippen LogP contribution in [0.5, 0.6) is 0 Å². The first-order valence-electron chi connectivity index (χ1n) is 31.0. The molecule has 0 fully saturated rings. The number of nitrogens with zero attached hydrogens (tertiary/aromatic N) is 6. The van der Waals surface area contributed by atoms with Crippen LogP contribution in [0, 0.1) is 0 Å². The van der Waals surface area contributed by atoms with Gasteiger partial charge in [-0.05, 0) is 138 Å². The van der Waals surface area contributed by atoms with Gasteiger partial charge in [0.15, 0.2) is 0 Å². The van der Waals surface area contributed by atoms with E-state index < -0.39 is 0 Å². The van der Waals surface area contributed by atoms with Gasteiger partial charge in [-0.2, -0.15) is 0 Å². The second-order valence-corrected chi connectivity index (χ2v) is 31.0. The molecule has 0 unspecified atom stereocenters. The number of thiophene rings is 3. The van der Waals surface area contributed by atoms with E-state index in [0.29, 0.717) is 82.9 Å². The molecule has 0 aliphatic rings. The van der Waals surface area contributed by atoms with Crippen LogP contribution in [-0.2, 0) is 28.2 Å². The molecule has 0 saturated carbocycles. The number of hydrogen-bond acceptors (Lipinski definition) is 6. The van der Waals surface area contributed by atoms with Crippen LogP contribution >= 0.6 is 49.9 Å². The van der Waals surface area contributed by atoms with Crippen molar-refractivity contribution in [1.82, 2.24) is 23.7 Å². The number of aryl methyl sites for hydroxylation is 4. The zero-order valence-corrected chi connectivity index (χ0v) is 62.1. The summed E-state index contributed by atoms with van der Waals surface area (Å²) in [5.41, 5.74) is 14.0. The Balaban J connectivity index is 0.000000479. The molecule has 464 valence electrons. The summed E-state index contributed by atoms with van der Waals surface area (Å²) >= 11 is 9.18. The highest BCUT2D eigenvalue weighted by Crippen LogP contribution is 2.37. The van der Waals surface area contributed by atoms with Gasteiger partial charge < -0.3 is 13.6 Å². The summed E-state index contributed by atoms with van der Waals surface area (Å²) in [6.45, 7) is 62.4. The Kier molecular flexibility index (Phi) is 34.0. The van der Waals surface area contributed by atoms with E-state index >= 15 is 0 Å². The lowest BCUT2D eigenvalue weighted by atomic mass is 9.99. The van der Waals surface area contributed by atoms with Gasteiger partial charge in [0.1, 0.15) is 17.1 Å². The SMILES string of the molecule is CC(C)c1c(C(C)C)[n+](C)cn1C.CC(C)c1cc(Br)sc1C(C)C.CC(C)c1ccoc1C(C)C.CC(C)c1ccsc1C(C)C.CC(C)c1ccsc1C(C)C.CC(C)c1ncn(C)c1C(C)C.CC(C)c1ncn(C)c1C(C)C. The smallest absolute Gasteiger partial charge is 0.243 e. The van der Waals surface area contributed by atoms with Gasteiger partial charge >= 0.3 is 0 Å². The fourth-order valence-corrected chi connectivity index (χ4v) is 14.4. The third-order valence-electron chi connectivity index (χ3n) is 14.2. The number of halogens is 1. The Bertz CT molecular complexity index is 2510. The Morgan fingerprint density at radius 3 is 1.04 bits per heavy atom. The van der Waals surface area contributed by atoms with Crippen LogP contribution in [0.1, 0.15) is 354 Å². The lowest BCUT2D eigenvalue weighted by molar-refractivity contribution is -0.679. The number of imidazole rings is 3. The fourth-order valence-electron chi connectivity index (χ4n) is 10.5. The summed E-state index contributed by atoms with van der Waals surface area (Å²) in [5.74, 6) is 9.64. The van der Waals surface area contributed by atoms with Gasteiger partial charge in [0.05, 0.1) is 48.2 Å². The molecule has 7 rings (SSSR count). The van der Waals surface area contributed by atoms with Crippen LogP contribution in [0.3, 0.4) is 0 Å². The van der Waals surface area contributed by atoms with E-state index in [1.54, 1.807) is 16.0 Å². The van der Waals surface area contributed by atoms with Crippen LogP contribution in [0.25, 0.3) is 0 Å². The molecular formula is C71H120BrN6OS3+. The Morgan fingerprint density at radius 1 is 0.415 bits per heavy atom. The highest BCUT2D eigenvalue weighted by atomic mass is 79.9. The van der Waals surface area contributed by atoms with Crippen molar-refractivity contribution in [3.63, 3.8) is 0 Å². The van der Waals surface area contributed by atoms with Gasteiger partial charge in [-0.15, -0.1) is 34.0 Å². The van der Waals surface area contributed by atoms with Crippen LogP contribution < -0.4 is 4.57 Å². The molecule has 0 radical (unpaired) electrons. The summed E-state index contributed by atoms with van der Waals surface area (Å²) in [6.07, 6.45) is 7.75. The van der Waals surface area contributed by atoms with Crippen molar-refractivity contribution in [1.29, 1.82) is 0 Å². The quantitative estimate of drug-likeness (QED) is 0.102. The van der Waals surface area contributed by atoms with E-state index in [0.717, 1.165) is 5.76 Å². The Morgan fingerprint density at radius 2 is 0.793 bits per heavy atom. The van der Waals surface area contributed by atoms with Crippen LogP contribution in [0.15, 0.2) is 68.5 Å². The lowest BCUT2D eigenvalue weighted by Crippen LogP contribution is -2.31. The maximum absolute atomic E-state index is 5.39. The monoisotopic (exact) mass is 1250 g/mol. The highest BCUT2D eigenvalue weighted by molar-refractivity contribution is 9.11. The zero-order chi connectivity index (χ0) is 63.4. The molecule has 0 saturated heterocycles. The van der Waals surface area contributed by atoms with Crippen molar-refractivity contribution < 1.29 is 8.98 Å². The van der Waals surface area contributed by atoms with Gasteiger partial charge in [-0.1, -0.05) is 194 Å². The molecule has 7 nitrogen and oxygen atoms in total. The predicted molar refractivity (Wildman–Crippen MR) is 370 cm³/mol. The van der Waals surface area contributed by atoms with Crippen LogP contribution in [0.2, 0.25) is 0 Å². The first kappa shape index (κ1) is 76.5. The molecule has 7 aromatic heterocycles. The third-order valence-corrected chi connectivity index (χ3v) is 18.6. The first-order chi connectivity index (χ1) is 37.9. The average Bonchev–Trinajstić information content (AvgIpc) is 4.30. The fraction of sp³-hybridized carbons (Fsp3) is 0.648. The van der Waals surface area contributed by atoms with E-state index in [-0.39, 0.29) is 0 Å². The van der Waals surface area contributed by atoms with Gasteiger partial charge in [0.25, 0.3) is 0 Å². The minimum absolute atomic E-state index is 0.502. The standard InChI is InChI=1S/C11H21N2.C10H15BrS.2C10H18N2.C10H16O.2C10H16S/c1-8(2)10-11(9(3)4)13(6)7-12(10)5;1-6(2)8-5-9(11)12-10(8)7(3)4;2*1-7(2)9-10(8(3)4)12(5)6-11-9;3*1-7(2)9-5-6-11-10(9)8(3)4/h7-9H,1-6H3;5-7H,1-4H3;2*6-8H,1-5H3;3*5-8H,1-4H3/q+1;;;;;;. The van der Waals surface area contributed by atoms with Crippen molar-refractivity contribution in [3.8, 4) is 0 Å². The Labute approximate surface area is 524 Å². The maximum atomic E-state index is 5.39. The summed E-state index contributed by atoms with van der Waals surface area (Å²) in [6, 6.07) is 8.83. The first-order valence-corrected chi connectivity index (χ1v) is 34.4. The topological polar surface area (TPSA) is 57.6 Å². The van der Waals surface area contributed by atoms with Crippen molar-refractivity contribution in [2.75, 3.05) is 0 Å². The zero-order valence-electron chi connectivity index (χ0n) is 58.1. The Hall–Kier alpha value is -3.51. The number of aromatic nitrogens is 6. The van der Waals surface area contributed by atoms with Crippen LogP contribution in [0.4, 0.5) is 0 Å². The largest absolute Gasteiger partial charge is 0.469 e. The molecule has 0 aliphatic carbocycles. The minimum Gasteiger partial charge on any atom is -0.469 e. The van der Waals surface area contributed by atoms with Crippen LogP contribution in [-0.4, -0.2) is 23.7 Å². The second kappa shape index (κ2) is 36.5. The van der Waals surface area contributed by atoms with E-state index in [9.17, 15) is 0 Å². The normalized spacial score (nSPS) is 11.5. The molecule has 0 aromatic carbocycles. The van der Waals surface area contributed by atoms with E-state index in [1.807, 2.05) is 46.7 Å². The molecule has 0 aliphatic heterocycles. The molecule has 7 heterocycles. The van der Waals surface area contributed by atoms with Gasteiger partial charge in [-0.3, -0.25) is 0 Å². The van der Waals surface area contributed by atoms with Crippen molar-refractivity contribution in [3.05, 3.63) is 141 Å². The molecule has 0 N–H and O–H groups in total. The molecule has 0 atom stereocenters. The number of hydrogen-bond donors (Lipinski definition) is 0. The maximum Gasteiger partial charge on any atom is 0.243 e. The molecule has 7 aromatic rings. The number of furan rings is 1. The van der Waals surface area contributed by atoms with Crippen molar-refractivity contribution in [2.24, 2.45) is 28.2 Å². The van der Waals surface area contributed by atoms with Crippen molar-refractivity contribution in [2.45, 2.75) is 277 Å². The van der Waals surface area contributed by atoms with Gasteiger partial charge in [0.2, 0.25) is 6.33 Å². The summed E-state index contributed by atoms with van der Waals surface area (Å²) in [4.78, 5) is 13.4. The van der Waals surface area contributed by atoms with Gasteiger partial charge in [0, 0.05) is 57.9 Å². The molecule has 0 spiro atoms. The summed E-state index contributed by atoms with van der Waals surface area (Å²) in [7, 11) is 8.38. The lowest BCUT2D eigenvalue weighted by Gasteiger charge is -2.11. The summed E-state index contributed by atoms with van der Waals surface area (Å²) < 4.78 is 15.4.